The summed E-state index contributed by atoms with van der Waals surface area (Å²) in [6.45, 7) is 1.63. The fourth-order valence-corrected chi connectivity index (χ4v) is 3.14. The van der Waals surface area contributed by atoms with Crippen LogP contribution in [0.4, 0.5) is 4.79 Å². The number of rotatable bonds is 7. The minimum absolute atomic E-state index is 0.0797. The van der Waals surface area contributed by atoms with E-state index in [1.807, 2.05) is 0 Å². The number of carbonyl (C=O) groups excluding carboxylic acids is 1. The molecular weight excluding hydrogens is 310 g/mol. The molecule has 0 bridgehead atoms. The van der Waals surface area contributed by atoms with Crippen molar-refractivity contribution in [3.63, 3.8) is 0 Å². The number of hydrogen-bond acceptors (Lipinski definition) is 5. The van der Waals surface area contributed by atoms with Crippen molar-refractivity contribution in [2.75, 3.05) is 40.4 Å². The van der Waals surface area contributed by atoms with Gasteiger partial charge in [0.15, 0.2) is 11.5 Å². The van der Waals surface area contributed by atoms with E-state index >= 15 is 0 Å². The molecule has 0 aliphatic carbocycles. The number of urea groups is 1. The van der Waals surface area contributed by atoms with E-state index < -0.39 is 10.0 Å². The zero-order valence-corrected chi connectivity index (χ0v) is 13.3. The van der Waals surface area contributed by atoms with Gasteiger partial charge < -0.3 is 19.7 Å². The lowest BCUT2D eigenvalue weighted by Crippen LogP contribution is -2.36. The van der Waals surface area contributed by atoms with Crippen molar-refractivity contribution < 1.29 is 22.7 Å². The van der Waals surface area contributed by atoms with E-state index in [4.69, 9.17) is 9.47 Å². The molecule has 2 rings (SSSR count). The van der Waals surface area contributed by atoms with E-state index in [1.165, 1.54) is 32.4 Å². The SMILES string of the molecule is COc1ccc(S(=O)(=O)NCCN2CCNC2=O)cc1OC. The van der Waals surface area contributed by atoms with Gasteiger partial charge in [0.25, 0.3) is 0 Å². The predicted molar refractivity (Wildman–Crippen MR) is 79.7 cm³/mol. The van der Waals surface area contributed by atoms with Gasteiger partial charge in [-0.05, 0) is 12.1 Å². The Bertz CT molecular complexity index is 647. The number of ether oxygens (including phenoxy) is 2. The van der Waals surface area contributed by atoms with E-state index in [2.05, 4.69) is 10.0 Å². The van der Waals surface area contributed by atoms with E-state index in [0.717, 1.165) is 0 Å². The maximum absolute atomic E-state index is 12.2. The topological polar surface area (TPSA) is 97.0 Å². The van der Waals surface area contributed by atoms with Gasteiger partial charge in [0.2, 0.25) is 10.0 Å². The van der Waals surface area contributed by atoms with Gasteiger partial charge in [0.1, 0.15) is 0 Å². The van der Waals surface area contributed by atoms with Gasteiger partial charge in [0.05, 0.1) is 19.1 Å². The minimum Gasteiger partial charge on any atom is -0.493 e. The number of sulfonamides is 1. The quantitative estimate of drug-likeness (QED) is 0.734. The van der Waals surface area contributed by atoms with Crippen molar-refractivity contribution in [2.24, 2.45) is 0 Å². The Kier molecular flexibility index (Phi) is 5.09. The highest BCUT2D eigenvalue weighted by Gasteiger charge is 2.21. The fourth-order valence-electron chi connectivity index (χ4n) is 2.11. The van der Waals surface area contributed by atoms with Gasteiger partial charge >= 0.3 is 6.03 Å². The molecule has 0 spiro atoms. The normalized spacial score (nSPS) is 14.8. The van der Waals surface area contributed by atoms with Gasteiger partial charge in [0, 0.05) is 32.2 Å². The second-order valence-electron chi connectivity index (χ2n) is 4.63. The number of carbonyl (C=O) groups is 1. The molecule has 1 fully saturated rings. The summed E-state index contributed by atoms with van der Waals surface area (Å²) in [5.41, 5.74) is 0. The van der Waals surface area contributed by atoms with E-state index in [0.29, 0.717) is 31.1 Å². The van der Waals surface area contributed by atoms with Gasteiger partial charge in [-0.3, -0.25) is 0 Å². The molecule has 0 unspecified atom stereocenters. The van der Waals surface area contributed by atoms with Gasteiger partial charge in [-0.15, -0.1) is 0 Å². The van der Waals surface area contributed by atoms with E-state index in [9.17, 15) is 13.2 Å². The summed E-state index contributed by atoms with van der Waals surface area (Å²) in [5.74, 6) is 0.791. The monoisotopic (exact) mass is 329 g/mol. The van der Waals surface area contributed by atoms with Crippen LogP contribution in [-0.4, -0.2) is 59.7 Å². The molecule has 0 aromatic heterocycles. The van der Waals surface area contributed by atoms with Crippen LogP contribution in [0.15, 0.2) is 23.1 Å². The van der Waals surface area contributed by atoms with Crippen LogP contribution in [0.3, 0.4) is 0 Å². The highest BCUT2D eigenvalue weighted by molar-refractivity contribution is 7.89. The number of methoxy groups -OCH3 is 2. The number of hydrogen-bond donors (Lipinski definition) is 2. The first-order chi connectivity index (χ1) is 10.5. The molecule has 2 amide bonds. The Labute approximate surface area is 129 Å². The molecular formula is C13H19N3O5S. The maximum atomic E-state index is 12.2. The molecule has 0 saturated carbocycles. The average Bonchev–Trinajstić information content (AvgIpc) is 2.91. The summed E-state index contributed by atoms with van der Waals surface area (Å²) in [5, 5.41) is 2.66. The van der Waals surface area contributed by atoms with Gasteiger partial charge in [-0.2, -0.15) is 0 Å². The molecule has 2 N–H and O–H groups in total. The van der Waals surface area contributed by atoms with Crippen LogP contribution in [0.2, 0.25) is 0 Å². The number of benzene rings is 1. The summed E-state index contributed by atoms with van der Waals surface area (Å²) in [4.78, 5) is 13.0. The first-order valence-electron chi connectivity index (χ1n) is 6.72. The number of nitrogens with one attached hydrogen (secondary N) is 2. The highest BCUT2D eigenvalue weighted by atomic mass is 32.2. The smallest absolute Gasteiger partial charge is 0.317 e. The van der Waals surface area contributed by atoms with Crippen LogP contribution in [0.1, 0.15) is 0 Å². The van der Waals surface area contributed by atoms with E-state index in [1.54, 1.807) is 4.90 Å². The zero-order valence-electron chi connectivity index (χ0n) is 12.5. The summed E-state index contributed by atoms with van der Waals surface area (Å²) in [6.07, 6.45) is 0. The van der Waals surface area contributed by atoms with Crippen molar-refractivity contribution in [1.82, 2.24) is 14.9 Å². The molecule has 1 saturated heterocycles. The van der Waals surface area contributed by atoms with Crippen molar-refractivity contribution in [3.8, 4) is 11.5 Å². The third kappa shape index (κ3) is 3.60. The Morgan fingerprint density at radius 1 is 1.27 bits per heavy atom. The largest absolute Gasteiger partial charge is 0.493 e. The first kappa shape index (κ1) is 16.4. The molecule has 9 heteroatoms. The van der Waals surface area contributed by atoms with Crippen molar-refractivity contribution in [2.45, 2.75) is 4.90 Å². The molecule has 1 heterocycles. The lowest BCUT2D eigenvalue weighted by molar-refractivity contribution is 0.218. The molecule has 22 heavy (non-hydrogen) atoms. The summed E-state index contributed by atoms with van der Waals surface area (Å²) < 4.78 is 37.1. The molecule has 0 radical (unpaired) electrons. The van der Waals surface area contributed by atoms with Crippen LogP contribution in [0.25, 0.3) is 0 Å². The summed E-state index contributed by atoms with van der Waals surface area (Å²) in [7, 11) is -0.755. The van der Waals surface area contributed by atoms with Gasteiger partial charge in [-0.25, -0.2) is 17.9 Å². The van der Waals surface area contributed by atoms with Crippen LogP contribution in [0.5, 0.6) is 11.5 Å². The van der Waals surface area contributed by atoms with Crippen LogP contribution >= 0.6 is 0 Å². The lowest BCUT2D eigenvalue weighted by atomic mass is 10.3. The second kappa shape index (κ2) is 6.84. The number of amides is 2. The van der Waals surface area contributed by atoms with Crippen molar-refractivity contribution in [3.05, 3.63) is 18.2 Å². The lowest BCUT2D eigenvalue weighted by Gasteiger charge is -2.15. The second-order valence-corrected chi connectivity index (χ2v) is 6.40. The molecule has 1 aromatic rings. The fraction of sp³-hybridized carbons (Fsp3) is 0.462. The maximum Gasteiger partial charge on any atom is 0.317 e. The molecule has 122 valence electrons. The van der Waals surface area contributed by atoms with E-state index in [-0.39, 0.29) is 17.5 Å². The Morgan fingerprint density at radius 2 is 2.00 bits per heavy atom. The third-order valence-corrected chi connectivity index (χ3v) is 4.74. The zero-order chi connectivity index (χ0) is 16.2. The molecule has 0 atom stereocenters. The predicted octanol–water partition coefficient (Wildman–Crippen LogP) is 0.00730. The summed E-state index contributed by atoms with van der Waals surface area (Å²) in [6, 6.07) is 4.18. The Balaban J connectivity index is 2.02. The van der Waals surface area contributed by atoms with Crippen molar-refractivity contribution >= 4 is 16.1 Å². The third-order valence-electron chi connectivity index (χ3n) is 3.28. The highest BCUT2D eigenvalue weighted by Crippen LogP contribution is 2.29. The van der Waals surface area contributed by atoms with Crippen LogP contribution in [0, 0.1) is 0 Å². The molecule has 8 nitrogen and oxygen atoms in total. The molecule has 1 aliphatic rings. The molecule has 1 aliphatic heterocycles. The molecule has 1 aromatic carbocycles. The van der Waals surface area contributed by atoms with Gasteiger partial charge in [-0.1, -0.05) is 0 Å². The van der Waals surface area contributed by atoms with Crippen LogP contribution < -0.4 is 19.5 Å². The van der Waals surface area contributed by atoms with Crippen molar-refractivity contribution in [1.29, 1.82) is 0 Å². The minimum atomic E-state index is -3.67. The van der Waals surface area contributed by atoms with Crippen LogP contribution in [-0.2, 0) is 10.0 Å². The summed E-state index contributed by atoms with van der Waals surface area (Å²) >= 11 is 0. The first-order valence-corrected chi connectivity index (χ1v) is 8.20. The standard InChI is InChI=1S/C13H19N3O5S/c1-20-11-4-3-10(9-12(11)21-2)22(18,19)15-6-8-16-7-5-14-13(16)17/h3-4,9,15H,5-8H2,1-2H3,(H,14,17). The number of nitrogens with zero attached hydrogens (tertiary/aromatic N) is 1. The Hall–Kier alpha value is -2.00. The average molecular weight is 329 g/mol. The Morgan fingerprint density at radius 3 is 2.59 bits per heavy atom.